The van der Waals surface area contributed by atoms with Crippen molar-refractivity contribution >= 4 is 21.4 Å². The predicted octanol–water partition coefficient (Wildman–Crippen LogP) is 0.955. The molecule has 1 aliphatic heterocycles. The van der Waals surface area contributed by atoms with Gasteiger partial charge >= 0.3 is 0 Å². The molecule has 0 bridgehead atoms. The molecule has 108 valence electrons. The largest absolute Gasteiger partial charge is 0.392 e. The van der Waals surface area contributed by atoms with Gasteiger partial charge in [-0.15, -0.1) is 11.3 Å². The van der Waals surface area contributed by atoms with Crippen molar-refractivity contribution in [2.75, 3.05) is 26.7 Å². The average molecular weight is 304 g/mol. The van der Waals surface area contributed by atoms with Crippen LogP contribution in [-0.2, 0) is 16.6 Å². The standard InChI is InChI=1S/C12H20N2O3S2/c1-12(2)9-14(5-4-13(12)3)19(16,17)11-6-10(7-15)8-18-11/h6,8,15H,4-5,7,9H2,1-3H3. The Morgan fingerprint density at radius 1 is 1.42 bits per heavy atom. The Bertz CT molecular complexity index is 551. The predicted molar refractivity (Wildman–Crippen MR) is 75.7 cm³/mol. The van der Waals surface area contributed by atoms with E-state index >= 15 is 0 Å². The number of hydrogen-bond acceptors (Lipinski definition) is 5. The summed E-state index contributed by atoms with van der Waals surface area (Å²) < 4.78 is 27.0. The summed E-state index contributed by atoms with van der Waals surface area (Å²) in [6, 6.07) is 1.56. The third kappa shape index (κ3) is 2.85. The zero-order valence-electron chi connectivity index (χ0n) is 11.5. The van der Waals surface area contributed by atoms with E-state index in [4.69, 9.17) is 5.11 Å². The van der Waals surface area contributed by atoms with Crippen molar-refractivity contribution in [2.45, 2.75) is 30.2 Å². The molecule has 0 saturated carbocycles. The average Bonchev–Trinajstić information content (AvgIpc) is 2.81. The highest BCUT2D eigenvalue weighted by Crippen LogP contribution is 2.28. The molecule has 1 aromatic rings. The molecule has 0 unspecified atom stereocenters. The van der Waals surface area contributed by atoms with E-state index in [0.717, 1.165) is 6.54 Å². The van der Waals surface area contributed by atoms with E-state index in [-0.39, 0.29) is 12.1 Å². The van der Waals surface area contributed by atoms with Crippen LogP contribution in [0.3, 0.4) is 0 Å². The van der Waals surface area contributed by atoms with Crippen molar-refractivity contribution in [1.29, 1.82) is 0 Å². The maximum absolute atomic E-state index is 12.5. The lowest BCUT2D eigenvalue weighted by molar-refractivity contribution is 0.0802. The molecule has 5 nitrogen and oxygen atoms in total. The third-order valence-corrected chi connectivity index (χ3v) is 7.00. The van der Waals surface area contributed by atoms with Gasteiger partial charge in [-0.2, -0.15) is 4.31 Å². The lowest BCUT2D eigenvalue weighted by Crippen LogP contribution is -2.58. The topological polar surface area (TPSA) is 60.9 Å². The van der Waals surface area contributed by atoms with Crippen molar-refractivity contribution in [2.24, 2.45) is 0 Å². The van der Waals surface area contributed by atoms with Crippen molar-refractivity contribution in [3.63, 3.8) is 0 Å². The Labute approximate surface area is 118 Å². The molecule has 0 atom stereocenters. The summed E-state index contributed by atoms with van der Waals surface area (Å²) in [4.78, 5) is 2.17. The fourth-order valence-electron chi connectivity index (χ4n) is 2.10. The SMILES string of the molecule is CN1CCN(S(=O)(=O)c2cc(CO)cs2)CC1(C)C. The number of sulfonamides is 1. The van der Waals surface area contributed by atoms with Crippen molar-refractivity contribution < 1.29 is 13.5 Å². The third-order valence-electron chi connectivity index (χ3n) is 3.69. The minimum absolute atomic E-state index is 0.125. The molecule has 0 spiro atoms. The summed E-state index contributed by atoms with van der Waals surface area (Å²) >= 11 is 1.17. The lowest BCUT2D eigenvalue weighted by atomic mass is 10.0. The van der Waals surface area contributed by atoms with Crippen LogP contribution in [0.4, 0.5) is 0 Å². The van der Waals surface area contributed by atoms with Gasteiger partial charge in [-0.05, 0) is 37.9 Å². The van der Waals surface area contributed by atoms with Gasteiger partial charge in [0.2, 0.25) is 0 Å². The first kappa shape index (κ1) is 14.9. The molecular formula is C12H20N2O3S2. The van der Waals surface area contributed by atoms with Gasteiger partial charge in [0.1, 0.15) is 4.21 Å². The summed E-state index contributed by atoms with van der Waals surface area (Å²) in [6.45, 7) is 5.68. The second-order valence-electron chi connectivity index (χ2n) is 5.50. The van der Waals surface area contributed by atoms with Crippen molar-refractivity contribution in [3.05, 3.63) is 17.0 Å². The Morgan fingerprint density at radius 3 is 2.63 bits per heavy atom. The number of aliphatic hydroxyl groups is 1. The number of rotatable bonds is 3. The molecule has 2 rings (SSSR count). The minimum atomic E-state index is -3.43. The van der Waals surface area contributed by atoms with Gasteiger partial charge in [-0.25, -0.2) is 8.42 Å². The first-order valence-electron chi connectivity index (χ1n) is 6.17. The molecule has 1 saturated heterocycles. The number of nitrogens with zero attached hydrogens (tertiary/aromatic N) is 2. The van der Waals surface area contributed by atoms with Gasteiger partial charge in [-0.1, -0.05) is 0 Å². The van der Waals surface area contributed by atoms with Crippen LogP contribution in [-0.4, -0.2) is 55.0 Å². The van der Waals surface area contributed by atoms with Gasteiger partial charge in [0.05, 0.1) is 6.61 Å². The van der Waals surface area contributed by atoms with Gasteiger partial charge in [-0.3, -0.25) is 4.90 Å². The van der Waals surface area contributed by atoms with Crippen LogP contribution >= 0.6 is 11.3 Å². The number of likely N-dealkylation sites (N-methyl/N-ethyl adjacent to an activating group) is 1. The molecule has 0 amide bonds. The molecule has 1 fully saturated rings. The number of thiophene rings is 1. The highest BCUT2D eigenvalue weighted by molar-refractivity contribution is 7.91. The molecule has 0 aliphatic carbocycles. The first-order chi connectivity index (χ1) is 8.77. The maximum atomic E-state index is 12.5. The molecule has 1 N–H and O–H groups in total. The highest BCUT2D eigenvalue weighted by Gasteiger charge is 2.37. The van der Waals surface area contributed by atoms with Crippen LogP contribution in [0.5, 0.6) is 0 Å². The van der Waals surface area contributed by atoms with Gasteiger partial charge < -0.3 is 5.11 Å². The smallest absolute Gasteiger partial charge is 0.252 e. The van der Waals surface area contributed by atoms with E-state index in [2.05, 4.69) is 4.90 Å². The van der Waals surface area contributed by atoms with Gasteiger partial charge in [0.25, 0.3) is 10.0 Å². The molecule has 0 aromatic carbocycles. The van der Waals surface area contributed by atoms with Crippen LogP contribution in [0.2, 0.25) is 0 Å². The van der Waals surface area contributed by atoms with E-state index in [1.807, 2.05) is 20.9 Å². The highest BCUT2D eigenvalue weighted by atomic mass is 32.2. The van der Waals surface area contributed by atoms with E-state index in [1.165, 1.54) is 11.3 Å². The maximum Gasteiger partial charge on any atom is 0.252 e. The van der Waals surface area contributed by atoms with E-state index in [0.29, 0.717) is 22.9 Å². The van der Waals surface area contributed by atoms with Crippen LogP contribution < -0.4 is 0 Å². The monoisotopic (exact) mass is 304 g/mol. The van der Waals surface area contributed by atoms with Crippen LogP contribution in [0.1, 0.15) is 19.4 Å². The van der Waals surface area contributed by atoms with Gasteiger partial charge in [0.15, 0.2) is 0 Å². The minimum Gasteiger partial charge on any atom is -0.392 e. The lowest BCUT2D eigenvalue weighted by Gasteiger charge is -2.44. The Kier molecular flexibility index (Phi) is 4.04. The van der Waals surface area contributed by atoms with Crippen LogP contribution in [0, 0.1) is 0 Å². The Hall–Kier alpha value is -0.470. The Balaban J connectivity index is 2.25. The molecule has 19 heavy (non-hydrogen) atoms. The van der Waals surface area contributed by atoms with E-state index < -0.39 is 10.0 Å². The fourth-order valence-corrected chi connectivity index (χ4v) is 5.04. The summed E-state index contributed by atoms with van der Waals surface area (Å²) in [5, 5.41) is 10.7. The number of aliphatic hydroxyl groups excluding tert-OH is 1. The zero-order valence-corrected chi connectivity index (χ0v) is 13.1. The second kappa shape index (κ2) is 5.14. The number of piperazine rings is 1. The molecule has 7 heteroatoms. The van der Waals surface area contributed by atoms with Gasteiger partial charge in [0, 0.05) is 25.2 Å². The van der Waals surface area contributed by atoms with E-state index in [9.17, 15) is 8.42 Å². The summed E-state index contributed by atoms with van der Waals surface area (Å²) in [6.07, 6.45) is 0. The first-order valence-corrected chi connectivity index (χ1v) is 8.49. The second-order valence-corrected chi connectivity index (χ2v) is 8.58. The molecule has 1 aromatic heterocycles. The van der Waals surface area contributed by atoms with Crippen molar-refractivity contribution in [3.8, 4) is 0 Å². The quantitative estimate of drug-likeness (QED) is 0.903. The number of hydrogen-bond donors (Lipinski definition) is 1. The normalized spacial score (nSPS) is 21.7. The van der Waals surface area contributed by atoms with Crippen LogP contribution in [0.15, 0.2) is 15.7 Å². The summed E-state index contributed by atoms with van der Waals surface area (Å²) in [7, 11) is -1.42. The van der Waals surface area contributed by atoms with Crippen molar-refractivity contribution in [1.82, 2.24) is 9.21 Å². The molecule has 0 radical (unpaired) electrons. The molecular weight excluding hydrogens is 284 g/mol. The van der Waals surface area contributed by atoms with E-state index in [1.54, 1.807) is 15.8 Å². The summed E-state index contributed by atoms with van der Waals surface area (Å²) in [5.41, 5.74) is 0.486. The van der Waals surface area contributed by atoms with Crippen LogP contribution in [0.25, 0.3) is 0 Å². The Morgan fingerprint density at radius 2 is 2.11 bits per heavy atom. The molecule has 2 heterocycles. The summed E-state index contributed by atoms with van der Waals surface area (Å²) in [5.74, 6) is 0. The molecule has 1 aliphatic rings. The zero-order chi connectivity index (χ0) is 14.3. The fraction of sp³-hybridized carbons (Fsp3) is 0.667.